The van der Waals surface area contributed by atoms with Crippen molar-refractivity contribution in [3.63, 3.8) is 0 Å². The Kier molecular flexibility index (Phi) is 5.39. The summed E-state index contributed by atoms with van der Waals surface area (Å²) in [6.45, 7) is 2.02. The first-order chi connectivity index (χ1) is 11.7. The van der Waals surface area contributed by atoms with E-state index in [0.29, 0.717) is 0 Å². The molecule has 0 radical (unpaired) electrons. The maximum absolute atomic E-state index is 5.00. The van der Waals surface area contributed by atoms with Gasteiger partial charge in [-0.25, -0.2) is 4.99 Å². The van der Waals surface area contributed by atoms with E-state index < -0.39 is 0 Å². The van der Waals surface area contributed by atoms with Crippen LogP contribution in [-0.2, 0) is 0 Å². The van der Waals surface area contributed by atoms with Gasteiger partial charge in [0.25, 0.3) is 0 Å². The zero-order chi connectivity index (χ0) is 16.8. The number of halogens is 1. The Morgan fingerprint density at radius 1 is 0.750 bits per heavy atom. The van der Waals surface area contributed by atoms with Gasteiger partial charge in [0.1, 0.15) is 0 Å². The minimum Gasteiger partial charge on any atom is -0.247 e. The second-order valence-corrected chi connectivity index (χ2v) is 6.73. The molecule has 0 atom stereocenters. The van der Waals surface area contributed by atoms with E-state index in [2.05, 4.69) is 52.3 Å². The summed E-state index contributed by atoms with van der Waals surface area (Å²) in [6.07, 6.45) is 2.09. The Bertz CT molecular complexity index is 819. The standard InChI is InChI=1S/C22H18BrN/c1-17(23)16-20-14-8-9-15-21(20)24-22(18-10-4-2-5-11-18)19-12-6-3-7-13-19/h2-16H,1H3/b17-16-. The van der Waals surface area contributed by atoms with Crippen molar-refractivity contribution in [1.82, 2.24) is 0 Å². The number of aliphatic imine (C=N–C) groups is 1. The second-order valence-electron chi connectivity index (χ2n) is 5.48. The van der Waals surface area contributed by atoms with Gasteiger partial charge in [0.05, 0.1) is 11.4 Å². The molecule has 0 bridgehead atoms. The predicted molar refractivity (Wildman–Crippen MR) is 107 cm³/mol. The second kappa shape index (κ2) is 7.89. The number of allylic oxidation sites excluding steroid dienone is 1. The first-order valence-electron chi connectivity index (χ1n) is 7.86. The number of hydrogen-bond donors (Lipinski definition) is 0. The van der Waals surface area contributed by atoms with Gasteiger partial charge >= 0.3 is 0 Å². The van der Waals surface area contributed by atoms with Crippen molar-refractivity contribution in [1.29, 1.82) is 0 Å². The van der Waals surface area contributed by atoms with Gasteiger partial charge < -0.3 is 0 Å². The van der Waals surface area contributed by atoms with E-state index in [1.807, 2.05) is 61.5 Å². The van der Waals surface area contributed by atoms with E-state index in [0.717, 1.165) is 32.6 Å². The average Bonchev–Trinajstić information content (AvgIpc) is 2.62. The van der Waals surface area contributed by atoms with Gasteiger partial charge in [0.2, 0.25) is 0 Å². The third-order valence-electron chi connectivity index (χ3n) is 3.62. The SMILES string of the molecule is C/C(Br)=C/c1ccccc1N=C(c1ccccc1)c1ccccc1. The Morgan fingerprint density at radius 3 is 1.79 bits per heavy atom. The molecule has 2 heteroatoms. The van der Waals surface area contributed by atoms with Crippen LogP contribution >= 0.6 is 15.9 Å². The van der Waals surface area contributed by atoms with Gasteiger partial charge in [-0.2, -0.15) is 0 Å². The molecule has 118 valence electrons. The fourth-order valence-electron chi connectivity index (χ4n) is 2.53. The molecule has 24 heavy (non-hydrogen) atoms. The lowest BCUT2D eigenvalue weighted by atomic mass is 10.0. The summed E-state index contributed by atoms with van der Waals surface area (Å²) in [5.74, 6) is 0. The highest BCUT2D eigenvalue weighted by Crippen LogP contribution is 2.25. The van der Waals surface area contributed by atoms with Crippen LogP contribution < -0.4 is 0 Å². The van der Waals surface area contributed by atoms with Crippen LogP contribution in [0.3, 0.4) is 0 Å². The van der Waals surface area contributed by atoms with Gasteiger partial charge in [0, 0.05) is 16.7 Å². The molecule has 3 rings (SSSR count). The average molecular weight is 376 g/mol. The molecule has 0 heterocycles. The number of rotatable bonds is 4. The molecular formula is C22H18BrN. The van der Waals surface area contributed by atoms with Crippen LogP contribution in [0.15, 0.2) is 94.4 Å². The number of benzene rings is 3. The zero-order valence-corrected chi connectivity index (χ0v) is 15.1. The number of nitrogens with zero attached hydrogens (tertiary/aromatic N) is 1. The lowest BCUT2D eigenvalue weighted by Crippen LogP contribution is -2.02. The molecule has 0 aliphatic heterocycles. The van der Waals surface area contributed by atoms with Gasteiger partial charge in [-0.3, -0.25) is 0 Å². The number of hydrogen-bond acceptors (Lipinski definition) is 1. The van der Waals surface area contributed by atoms with Crippen molar-refractivity contribution < 1.29 is 0 Å². The summed E-state index contributed by atoms with van der Waals surface area (Å²) < 4.78 is 1.08. The molecule has 1 nitrogen and oxygen atoms in total. The zero-order valence-electron chi connectivity index (χ0n) is 13.5. The van der Waals surface area contributed by atoms with Crippen molar-refractivity contribution in [3.05, 3.63) is 106 Å². The van der Waals surface area contributed by atoms with Crippen LogP contribution in [0.4, 0.5) is 5.69 Å². The molecule has 3 aromatic carbocycles. The van der Waals surface area contributed by atoms with Crippen molar-refractivity contribution >= 4 is 33.4 Å². The molecule has 0 aromatic heterocycles. The van der Waals surface area contributed by atoms with Crippen molar-refractivity contribution in [2.24, 2.45) is 4.99 Å². The molecule has 3 aromatic rings. The molecule has 0 unspecified atom stereocenters. The third kappa shape index (κ3) is 4.09. The van der Waals surface area contributed by atoms with Crippen LogP contribution in [0, 0.1) is 0 Å². The van der Waals surface area contributed by atoms with Gasteiger partial charge in [-0.1, -0.05) is 94.8 Å². The first-order valence-corrected chi connectivity index (χ1v) is 8.66. The molecule has 0 aliphatic rings. The van der Waals surface area contributed by atoms with Gasteiger partial charge in [-0.05, 0) is 23.5 Å². The molecule has 0 N–H and O–H groups in total. The van der Waals surface area contributed by atoms with Crippen molar-refractivity contribution in [3.8, 4) is 0 Å². The fraction of sp³-hybridized carbons (Fsp3) is 0.0455. The summed E-state index contributed by atoms with van der Waals surface area (Å²) in [5.41, 5.74) is 5.25. The van der Waals surface area contributed by atoms with Crippen molar-refractivity contribution in [2.75, 3.05) is 0 Å². The van der Waals surface area contributed by atoms with E-state index in [9.17, 15) is 0 Å². The maximum Gasteiger partial charge on any atom is 0.0781 e. The highest BCUT2D eigenvalue weighted by atomic mass is 79.9. The largest absolute Gasteiger partial charge is 0.247 e. The molecule has 0 fully saturated rings. The summed E-state index contributed by atoms with van der Waals surface area (Å²) >= 11 is 3.51. The van der Waals surface area contributed by atoms with Crippen LogP contribution in [0.2, 0.25) is 0 Å². The minimum absolute atomic E-state index is 0.957. The van der Waals surface area contributed by atoms with Crippen LogP contribution in [0.25, 0.3) is 6.08 Å². The van der Waals surface area contributed by atoms with Crippen LogP contribution in [0.5, 0.6) is 0 Å². The molecule has 0 saturated heterocycles. The molecular weight excluding hydrogens is 358 g/mol. The van der Waals surface area contributed by atoms with Gasteiger partial charge in [-0.15, -0.1) is 0 Å². The van der Waals surface area contributed by atoms with Crippen LogP contribution in [-0.4, -0.2) is 5.71 Å². The quantitative estimate of drug-likeness (QED) is 0.454. The van der Waals surface area contributed by atoms with E-state index in [1.54, 1.807) is 0 Å². The molecule has 0 spiro atoms. The van der Waals surface area contributed by atoms with E-state index >= 15 is 0 Å². The summed E-state index contributed by atoms with van der Waals surface area (Å²) in [7, 11) is 0. The molecule has 0 saturated carbocycles. The van der Waals surface area contributed by atoms with E-state index in [-0.39, 0.29) is 0 Å². The first kappa shape index (κ1) is 16.4. The Hall–Kier alpha value is -2.45. The van der Waals surface area contributed by atoms with E-state index in [4.69, 9.17) is 4.99 Å². The number of para-hydroxylation sites is 1. The monoisotopic (exact) mass is 375 g/mol. The van der Waals surface area contributed by atoms with Gasteiger partial charge in [0.15, 0.2) is 0 Å². The predicted octanol–water partition coefficient (Wildman–Crippen LogP) is 6.61. The topological polar surface area (TPSA) is 12.4 Å². The smallest absolute Gasteiger partial charge is 0.0781 e. The lowest BCUT2D eigenvalue weighted by molar-refractivity contribution is 1.46. The highest BCUT2D eigenvalue weighted by Gasteiger charge is 2.08. The minimum atomic E-state index is 0.957. The normalized spacial score (nSPS) is 11.2. The summed E-state index contributed by atoms with van der Waals surface area (Å²) in [5, 5.41) is 0. The Labute approximate surface area is 151 Å². The van der Waals surface area contributed by atoms with Crippen LogP contribution in [0.1, 0.15) is 23.6 Å². The summed E-state index contributed by atoms with van der Waals surface area (Å²) in [4.78, 5) is 5.00. The lowest BCUT2D eigenvalue weighted by Gasteiger charge is -2.09. The maximum atomic E-state index is 5.00. The van der Waals surface area contributed by atoms with E-state index in [1.165, 1.54) is 0 Å². The molecule has 0 amide bonds. The van der Waals surface area contributed by atoms with Crippen molar-refractivity contribution in [2.45, 2.75) is 6.92 Å². The molecule has 0 aliphatic carbocycles. The third-order valence-corrected chi connectivity index (χ3v) is 3.85. The Morgan fingerprint density at radius 2 is 1.25 bits per heavy atom. The Balaban J connectivity index is 2.17. The highest BCUT2D eigenvalue weighted by molar-refractivity contribution is 9.11. The fourth-order valence-corrected chi connectivity index (χ4v) is 2.78. The summed E-state index contributed by atoms with van der Waals surface area (Å²) in [6, 6.07) is 28.8.